The van der Waals surface area contributed by atoms with Crippen LogP contribution in [0, 0.1) is 12.7 Å². The highest BCUT2D eigenvalue weighted by Gasteiger charge is 2.22. The predicted octanol–water partition coefficient (Wildman–Crippen LogP) is 2.34. The van der Waals surface area contributed by atoms with Gasteiger partial charge >= 0.3 is 0 Å². The summed E-state index contributed by atoms with van der Waals surface area (Å²) in [4.78, 5) is 27.2. The molecule has 27 heavy (non-hydrogen) atoms. The number of nitrogens with zero attached hydrogens (tertiary/aromatic N) is 1. The van der Waals surface area contributed by atoms with Crippen LogP contribution in [0.25, 0.3) is 6.08 Å². The second kappa shape index (κ2) is 8.60. The predicted molar refractivity (Wildman–Crippen MR) is 102 cm³/mol. The van der Waals surface area contributed by atoms with E-state index in [1.807, 2.05) is 19.1 Å². The van der Waals surface area contributed by atoms with Gasteiger partial charge in [0.25, 0.3) is 11.8 Å². The largest absolute Gasteiger partial charge is 0.335 e. The third kappa shape index (κ3) is 4.80. The molecule has 1 saturated heterocycles. The van der Waals surface area contributed by atoms with E-state index in [-0.39, 0.29) is 17.2 Å². The highest BCUT2D eigenvalue weighted by molar-refractivity contribution is 6.05. The number of aryl methyl sites for hydroxylation is 1. The van der Waals surface area contributed by atoms with Crippen LogP contribution in [0.3, 0.4) is 0 Å². The molecular formula is C21H22FN3O2. The third-order valence-electron chi connectivity index (χ3n) is 4.40. The number of hydrogen-bond acceptors (Lipinski definition) is 3. The van der Waals surface area contributed by atoms with E-state index in [4.69, 9.17) is 0 Å². The van der Waals surface area contributed by atoms with Crippen molar-refractivity contribution in [3.8, 4) is 0 Å². The van der Waals surface area contributed by atoms with Gasteiger partial charge in [-0.25, -0.2) is 4.39 Å². The lowest BCUT2D eigenvalue weighted by Crippen LogP contribution is -2.48. The fourth-order valence-electron chi connectivity index (χ4n) is 2.84. The number of piperazine rings is 1. The topological polar surface area (TPSA) is 61.4 Å². The molecule has 0 radical (unpaired) electrons. The molecule has 0 aromatic heterocycles. The van der Waals surface area contributed by atoms with Crippen molar-refractivity contribution < 1.29 is 14.0 Å². The number of nitrogens with one attached hydrogen (secondary N) is 2. The minimum absolute atomic E-state index is 0.0626. The minimum atomic E-state index is -0.451. The first-order valence-corrected chi connectivity index (χ1v) is 8.89. The van der Waals surface area contributed by atoms with Gasteiger partial charge in [-0.1, -0.05) is 35.9 Å². The summed E-state index contributed by atoms with van der Waals surface area (Å²) in [6.45, 7) is 4.37. The van der Waals surface area contributed by atoms with E-state index in [1.165, 1.54) is 12.1 Å². The van der Waals surface area contributed by atoms with Gasteiger partial charge in [-0.15, -0.1) is 0 Å². The number of carbonyl (C=O) groups excluding carboxylic acids is 2. The van der Waals surface area contributed by atoms with Gasteiger partial charge in [-0.05, 0) is 31.2 Å². The fraction of sp³-hybridized carbons (Fsp3) is 0.238. The van der Waals surface area contributed by atoms with Crippen LogP contribution in [0.5, 0.6) is 0 Å². The van der Waals surface area contributed by atoms with Gasteiger partial charge in [0.05, 0.1) is 0 Å². The van der Waals surface area contributed by atoms with Crippen molar-refractivity contribution in [2.45, 2.75) is 6.92 Å². The second-order valence-corrected chi connectivity index (χ2v) is 6.44. The first kappa shape index (κ1) is 18.8. The van der Waals surface area contributed by atoms with Crippen LogP contribution in [0.4, 0.5) is 4.39 Å². The van der Waals surface area contributed by atoms with Crippen molar-refractivity contribution in [3.63, 3.8) is 0 Å². The standard InChI is InChI=1S/C21H22FN3O2/c1-15-6-8-16(9-7-15)20(26)24-19(14-17-4-2-3-5-18(17)22)21(27)25-12-10-23-11-13-25/h2-9,14,23H,10-13H2,1H3,(H,24,26). The SMILES string of the molecule is Cc1ccc(C(=O)NC(=Cc2ccccc2F)C(=O)N2CCNCC2)cc1. The molecule has 0 aliphatic carbocycles. The summed E-state index contributed by atoms with van der Waals surface area (Å²) in [5, 5.41) is 5.85. The molecule has 1 fully saturated rings. The highest BCUT2D eigenvalue weighted by Crippen LogP contribution is 2.13. The first-order chi connectivity index (χ1) is 13.0. The molecule has 1 heterocycles. The maximum Gasteiger partial charge on any atom is 0.270 e. The zero-order valence-electron chi connectivity index (χ0n) is 15.2. The average Bonchev–Trinajstić information content (AvgIpc) is 2.69. The average molecular weight is 367 g/mol. The van der Waals surface area contributed by atoms with Crippen LogP contribution < -0.4 is 10.6 Å². The van der Waals surface area contributed by atoms with Crippen molar-refractivity contribution >= 4 is 17.9 Å². The lowest BCUT2D eigenvalue weighted by atomic mass is 10.1. The molecule has 2 aromatic carbocycles. The molecule has 0 atom stereocenters. The van der Waals surface area contributed by atoms with Crippen molar-refractivity contribution in [3.05, 3.63) is 76.7 Å². The van der Waals surface area contributed by atoms with Gasteiger partial charge in [0, 0.05) is 37.3 Å². The molecule has 6 heteroatoms. The summed E-state index contributed by atoms with van der Waals surface area (Å²) in [5.74, 6) is -1.17. The Hall–Kier alpha value is -2.99. The highest BCUT2D eigenvalue weighted by atomic mass is 19.1. The summed E-state index contributed by atoms with van der Waals surface area (Å²) in [6, 6.07) is 13.2. The van der Waals surface area contributed by atoms with Crippen LogP contribution in [-0.4, -0.2) is 42.9 Å². The molecule has 1 aliphatic heterocycles. The molecule has 2 N–H and O–H groups in total. The molecule has 3 rings (SSSR count). The Balaban J connectivity index is 1.89. The summed E-state index contributed by atoms with van der Waals surface area (Å²) in [5.41, 5.74) is 1.78. The smallest absolute Gasteiger partial charge is 0.270 e. The van der Waals surface area contributed by atoms with Gasteiger partial charge in [0.2, 0.25) is 0 Å². The van der Waals surface area contributed by atoms with Crippen molar-refractivity contribution in [2.75, 3.05) is 26.2 Å². The molecular weight excluding hydrogens is 345 g/mol. The number of hydrogen-bond donors (Lipinski definition) is 2. The van der Waals surface area contributed by atoms with Crippen LogP contribution in [0.2, 0.25) is 0 Å². The molecule has 1 aliphatic rings. The van der Waals surface area contributed by atoms with Gasteiger partial charge in [0.1, 0.15) is 11.5 Å². The van der Waals surface area contributed by atoms with E-state index in [2.05, 4.69) is 10.6 Å². The lowest BCUT2D eigenvalue weighted by Gasteiger charge is -2.28. The van der Waals surface area contributed by atoms with Gasteiger partial charge in [0.15, 0.2) is 0 Å². The Morgan fingerprint density at radius 2 is 1.74 bits per heavy atom. The van der Waals surface area contributed by atoms with Crippen LogP contribution in [0.15, 0.2) is 54.2 Å². The third-order valence-corrected chi connectivity index (χ3v) is 4.40. The lowest BCUT2D eigenvalue weighted by molar-refractivity contribution is -0.127. The van der Waals surface area contributed by atoms with Crippen molar-refractivity contribution in [1.29, 1.82) is 0 Å². The molecule has 2 amide bonds. The molecule has 2 aromatic rings. The zero-order valence-corrected chi connectivity index (χ0v) is 15.2. The van der Waals surface area contributed by atoms with E-state index < -0.39 is 11.7 Å². The van der Waals surface area contributed by atoms with Crippen LogP contribution >= 0.6 is 0 Å². The van der Waals surface area contributed by atoms with E-state index in [0.717, 1.165) is 5.56 Å². The maximum absolute atomic E-state index is 14.1. The summed E-state index contributed by atoms with van der Waals surface area (Å²) in [7, 11) is 0. The van der Waals surface area contributed by atoms with Crippen molar-refractivity contribution in [1.82, 2.24) is 15.5 Å². The summed E-state index contributed by atoms with van der Waals surface area (Å²) < 4.78 is 14.1. The Kier molecular flexibility index (Phi) is 5.98. The summed E-state index contributed by atoms with van der Waals surface area (Å²) in [6.07, 6.45) is 1.39. The van der Waals surface area contributed by atoms with Crippen molar-refractivity contribution in [2.24, 2.45) is 0 Å². The van der Waals surface area contributed by atoms with E-state index in [9.17, 15) is 14.0 Å². The zero-order chi connectivity index (χ0) is 19.2. The minimum Gasteiger partial charge on any atom is -0.335 e. The Labute approximate surface area is 157 Å². The monoisotopic (exact) mass is 367 g/mol. The molecule has 0 unspecified atom stereocenters. The molecule has 5 nitrogen and oxygen atoms in total. The van der Waals surface area contributed by atoms with Gasteiger partial charge in [-0.3, -0.25) is 9.59 Å². The quantitative estimate of drug-likeness (QED) is 0.816. The Bertz CT molecular complexity index is 856. The molecule has 140 valence electrons. The Morgan fingerprint density at radius 3 is 2.41 bits per heavy atom. The number of rotatable bonds is 4. The number of carbonyl (C=O) groups is 2. The van der Waals surface area contributed by atoms with E-state index in [1.54, 1.807) is 35.2 Å². The van der Waals surface area contributed by atoms with Crippen LogP contribution in [0.1, 0.15) is 21.5 Å². The molecule has 0 bridgehead atoms. The Morgan fingerprint density at radius 1 is 1.07 bits per heavy atom. The van der Waals surface area contributed by atoms with E-state index in [0.29, 0.717) is 31.7 Å². The number of benzene rings is 2. The van der Waals surface area contributed by atoms with E-state index >= 15 is 0 Å². The maximum atomic E-state index is 14.1. The molecule has 0 spiro atoms. The first-order valence-electron chi connectivity index (χ1n) is 8.89. The van der Waals surface area contributed by atoms with Crippen LogP contribution in [-0.2, 0) is 4.79 Å². The fourth-order valence-corrected chi connectivity index (χ4v) is 2.84. The van der Waals surface area contributed by atoms with Gasteiger partial charge in [-0.2, -0.15) is 0 Å². The molecule has 0 saturated carbocycles. The summed E-state index contributed by atoms with van der Waals surface area (Å²) >= 11 is 0. The normalized spacial score (nSPS) is 14.7. The number of amides is 2. The second-order valence-electron chi connectivity index (χ2n) is 6.44. The number of halogens is 1. The van der Waals surface area contributed by atoms with Gasteiger partial charge < -0.3 is 15.5 Å².